The van der Waals surface area contributed by atoms with Gasteiger partial charge in [0, 0.05) is 23.5 Å². The van der Waals surface area contributed by atoms with Gasteiger partial charge in [0.1, 0.15) is 0 Å². The van der Waals surface area contributed by atoms with Gasteiger partial charge in [-0.15, -0.1) is 11.3 Å². The number of rotatable bonds is 5. The molecule has 1 aromatic heterocycles. The van der Waals surface area contributed by atoms with Crippen LogP contribution in [0.1, 0.15) is 34.6 Å². The summed E-state index contributed by atoms with van der Waals surface area (Å²) in [5, 5.41) is 2.10. The fourth-order valence-electron chi connectivity index (χ4n) is 2.79. The second-order valence-corrected chi connectivity index (χ2v) is 6.37. The normalized spacial score (nSPS) is 13.6. The fourth-order valence-corrected chi connectivity index (χ4v) is 3.68. The highest BCUT2D eigenvalue weighted by Gasteiger charge is 2.23. The van der Waals surface area contributed by atoms with Gasteiger partial charge in [0.15, 0.2) is 11.5 Å². The van der Waals surface area contributed by atoms with Gasteiger partial charge in [-0.2, -0.15) is 0 Å². The second kappa shape index (κ2) is 7.04. The Kier molecular flexibility index (Phi) is 4.86. The summed E-state index contributed by atoms with van der Waals surface area (Å²) in [6, 6.07) is 7.55. The maximum absolute atomic E-state index is 12.8. The van der Waals surface area contributed by atoms with Crippen molar-refractivity contribution < 1.29 is 14.3 Å². The number of fused-ring (bicyclic) bond motifs is 1. The van der Waals surface area contributed by atoms with Crippen molar-refractivity contribution in [2.75, 3.05) is 19.8 Å². The van der Waals surface area contributed by atoms with Gasteiger partial charge in [-0.1, -0.05) is 0 Å². The van der Waals surface area contributed by atoms with E-state index in [1.54, 1.807) is 17.4 Å². The summed E-state index contributed by atoms with van der Waals surface area (Å²) >= 11 is 1.78. The van der Waals surface area contributed by atoms with Gasteiger partial charge in [-0.3, -0.25) is 4.79 Å². The first-order chi connectivity index (χ1) is 11.2. The molecule has 1 aromatic carbocycles. The molecule has 0 N–H and O–H groups in total. The fraction of sp³-hybridized carbons (Fsp3) is 0.389. The molecule has 5 heteroatoms. The molecule has 0 saturated carbocycles. The number of ether oxygens (including phenoxy) is 2. The predicted octanol–water partition coefficient (Wildman–Crippen LogP) is 3.74. The first-order valence-electron chi connectivity index (χ1n) is 7.97. The van der Waals surface area contributed by atoms with Gasteiger partial charge < -0.3 is 14.4 Å². The molecule has 2 aromatic rings. The predicted molar refractivity (Wildman–Crippen MR) is 91.5 cm³/mol. The topological polar surface area (TPSA) is 38.8 Å². The van der Waals surface area contributed by atoms with E-state index in [2.05, 4.69) is 11.4 Å². The third-order valence-electron chi connectivity index (χ3n) is 3.89. The van der Waals surface area contributed by atoms with E-state index in [0.29, 0.717) is 36.8 Å². The first kappa shape index (κ1) is 15.9. The minimum atomic E-state index is 0.0471. The lowest BCUT2D eigenvalue weighted by Crippen LogP contribution is -2.35. The summed E-state index contributed by atoms with van der Waals surface area (Å²) in [6.45, 7) is 6.42. The van der Waals surface area contributed by atoms with Crippen LogP contribution in [0.25, 0.3) is 0 Å². The zero-order valence-electron chi connectivity index (χ0n) is 13.5. The molecule has 1 aliphatic heterocycles. The van der Waals surface area contributed by atoms with E-state index in [4.69, 9.17) is 9.47 Å². The smallest absolute Gasteiger partial charge is 0.254 e. The number of amides is 1. The van der Waals surface area contributed by atoms with Crippen LogP contribution in [0.3, 0.4) is 0 Å². The first-order valence-corrected chi connectivity index (χ1v) is 8.85. The Hall–Kier alpha value is -2.01. The van der Waals surface area contributed by atoms with E-state index in [9.17, 15) is 4.79 Å². The van der Waals surface area contributed by atoms with Crippen LogP contribution in [-0.4, -0.2) is 30.6 Å². The summed E-state index contributed by atoms with van der Waals surface area (Å²) in [6.07, 6.45) is 0.939. The zero-order valence-corrected chi connectivity index (χ0v) is 14.3. The Morgan fingerprint density at radius 3 is 2.74 bits per heavy atom. The molecule has 23 heavy (non-hydrogen) atoms. The minimum absolute atomic E-state index is 0.0471. The Balaban J connectivity index is 1.81. The van der Waals surface area contributed by atoms with Crippen LogP contribution in [-0.2, 0) is 13.0 Å². The van der Waals surface area contributed by atoms with Crippen molar-refractivity contribution in [2.45, 2.75) is 26.8 Å². The summed E-state index contributed by atoms with van der Waals surface area (Å²) in [5.74, 6) is 1.36. The standard InChI is InChI=1S/C18H21NO3S/c1-3-21-15-6-5-13(11-16(15)22-4-2)18(20)19-9-7-17-14(12-19)8-10-23-17/h5-6,8,10-11H,3-4,7,9,12H2,1-2H3. The molecular formula is C18H21NO3S. The lowest BCUT2D eigenvalue weighted by atomic mass is 10.1. The quantitative estimate of drug-likeness (QED) is 0.838. The molecule has 0 atom stereocenters. The molecule has 0 spiro atoms. The van der Waals surface area contributed by atoms with Gasteiger partial charge in [0.25, 0.3) is 5.91 Å². The molecule has 0 radical (unpaired) electrons. The Labute approximate surface area is 140 Å². The summed E-state index contributed by atoms with van der Waals surface area (Å²) < 4.78 is 11.2. The summed E-state index contributed by atoms with van der Waals surface area (Å²) in [7, 11) is 0. The van der Waals surface area contributed by atoms with E-state index < -0.39 is 0 Å². The van der Waals surface area contributed by atoms with Gasteiger partial charge in [0.2, 0.25) is 0 Å². The highest BCUT2D eigenvalue weighted by Crippen LogP contribution is 2.30. The van der Waals surface area contributed by atoms with Crippen LogP contribution in [0.15, 0.2) is 29.6 Å². The van der Waals surface area contributed by atoms with E-state index in [1.807, 2.05) is 30.9 Å². The minimum Gasteiger partial charge on any atom is -0.490 e. The Morgan fingerprint density at radius 1 is 1.17 bits per heavy atom. The van der Waals surface area contributed by atoms with Crippen molar-refractivity contribution in [3.63, 3.8) is 0 Å². The number of nitrogens with zero attached hydrogens (tertiary/aromatic N) is 1. The molecule has 3 rings (SSSR count). The maximum Gasteiger partial charge on any atom is 0.254 e. The zero-order chi connectivity index (χ0) is 16.2. The molecule has 0 fully saturated rings. The van der Waals surface area contributed by atoms with E-state index in [-0.39, 0.29) is 5.91 Å². The van der Waals surface area contributed by atoms with Crippen molar-refractivity contribution in [1.29, 1.82) is 0 Å². The third kappa shape index (κ3) is 3.34. The number of carbonyl (C=O) groups is 1. The van der Waals surface area contributed by atoms with Crippen LogP contribution in [0, 0.1) is 0 Å². The van der Waals surface area contributed by atoms with Gasteiger partial charge in [-0.05, 0) is 55.5 Å². The largest absolute Gasteiger partial charge is 0.490 e. The van der Waals surface area contributed by atoms with Crippen LogP contribution in [0.2, 0.25) is 0 Å². The number of hydrogen-bond acceptors (Lipinski definition) is 4. The highest BCUT2D eigenvalue weighted by atomic mass is 32.1. The third-order valence-corrected chi connectivity index (χ3v) is 4.91. The van der Waals surface area contributed by atoms with Gasteiger partial charge in [-0.25, -0.2) is 0 Å². The number of benzene rings is 1. The number of thiophene rings is 1. The van der Waals surface area contributed by atoms with E-state index >= 15 is 0 Å². The van der Waals surface area contributed by atoms with Crippen LogP contribution >= 0.6 is 11.3 Å². The van der Waals surface area contributed by atoms with E-state index in [1.165, 1.54) is 10.4 Å². The molecule has 1 aliphatic rings. The average Bonchev–Trinajstić information content (AvgIpc) is 3.04. The van der Waals surface area contributed by atoms with Crippen LogP contribution < -0.4 is 9.47 Å². The molecule has 122 valence electrons. The van der Waals surface area contributed by atoms with Crippen molar-refractivity contribution in [2.24, 2.45) is 0 Å². The van der Waals surface area contributed by atoms with E-state index in [0.717, 1.165) is 13.0 Å². The molecule has 4 nitrogen and oxygen atoms in total. The molecule has 2 heterocycles. The van der Waals surface area contributed by atoms with Crippen LogP contribution in [0.5, 0.6) is 11.5 Å². The molecule has 1 amide bonds. The SMILES string of the molecule is CCOc1ccc(C(=O)N2CCc3sccc3C2)cc1OCC. The van der Waals surface area contributed by atoms with Crippen molar-refractivity contribution in [1.82, 2.24) is 4.90 Å². The Bertz CT molecular complexity index is 695. The van der Waals surface area contributed by atoms with Crippen molar-refractivity contribution in [3.05, 3.63) is 45.6 Å². The molecule has 0 bridgehead atoms. The Morgan fingerprint density at radius 2 is 1.96 bits per heavy atom. The molecule has 0 unspecified atom stereocenters. The highest BCUT2D eigenvalue weighted by molar-refractivity contribution is 7.10. The molecule has 0 saturated heterocycles. The maximum atomic E-state index is 12.8. The second-order valence-electron chi connectivity index (χ2n) is 5.37. The van der Waals surface area contributed by atoms with Crippen molar-refractivity contribution >= 4 is 17.2 Å². The number of hydrogen-bond donors (Lipinski definition) is 0. The number of carbonyl (C=O) groups excluding carboxylic acids is 1. The lowest BCUT2D eigenvalue weighted by molar-refractivity contribution is 0.0735. The monoisotopic (exact) mass is 331 g/mol. The van der Waals surface area contributed by atoms with Gasteiger partial charge >= 0.3 is 0 Å². The van der Waals surface area contributed by atoms with Crippen molar-refractivity contribution in [3.8, 4) is 11.5 Å². The van der Waals surface area contributed by atoms with Crippen LogP contribution in [0.4, 0.5) is 0 Å². The molecular weight excluding hydrogens is 310 g/mol. The molecule has 0 aliphatic carbocycles. The lowest BCUT2D eigenvalue weighted by Gasteiger charge is -2.27. The summed E-state index contributed by atoms with van der Waals surface area (Å²) in [5.41, 5.74) is 1.92. The summed E-state index contributed by atoms with van der Waals surface area (Å²) in [4.78, 5) is 16.1. The van der Waals surface area contributed by atoms with Gasteiger partial charge in [0.05, 0.1) is 13.2 Å². The average molecular weight is 331 g/mol.